The summed E-state index contributed by atoms with van der Waals surface area (Å²) in [4.78, 5) is 0. The van der Waals surface area contributed by atoms with Crippen LogP contribution in [0.3, 0.4) is 0 Å². The third kappa shape index (κ3) is 1.99. The van der Waals surface area contributed by atoms with Gasteiger partial charge >= 0.3 is 0 Å². The lowest BCUT2D eigenvalue weighted by Gasteiger charge is -1.93. The van der Waals surface area contributed by atoms with Crippen LogP contribution in [-0.2, 0) is 0 Å². The van der Waals surface area contributed by atoms with Crippen molar-refractivity contribution in [2.24, 2.45) is 0 Å². The van der Waals surface area contributed by atoms with Crippen LogP contribution in [0.15, 0.2) is 12.2 Å². The Labute approximate surface area is 44.3 Å². The molecule has 0 aromatic rings. The average molecular weight is 94.1 g/mol. The molecule has 0 unspecified atom stereocenters. The molecule has 0 amide bonds. The van der Waals surface area contributed by atoms with Crippen molar-refractivity contribution >= 4 is 0 Å². The van der Waals surface area contributed by atoms with Gasteiger partial charge in [0.25, 0.3) is 0 Å². The molecule has 0 saturated carbocycles. The predicted molar refractivity (Wildman–Crippen MR) is 29.3 cm³/mol. The highest BCUT2D eigenvalue weighted by molar-refractivity contribution is 5.30. The third-order valence-corrected chi connectivity index (χ3v) is 0.739. The molecule has 0 atom stereocenters. The quantitative estimate of drug-likeness (QED) is 0.453. The van der Waals surface area contributed by atoms with E-state index < -0.39 is 0 Å². The Kier molecular flexibility index (Phi) is 2.15. The summed E-state index contributed by atoms with van der Waals surface area (Å²) in [6, 6.07) is 1.93. The molecule has 1 radical (unpaired) electrons. The van der Waals surface area contributed by atoms with E-state index in [0.717, 1.165) is 5.92 Å². The van der Waals surface area contributed by atoms with Gasteiger partial charge in [-0.25, -0.2) is 0 Å². The van der Waals surface area contributed by atoms with Gasteiger partial charge in [-0.15, -0.1) is 0 Å². The number of hydrogen-bond donors (Lipinski definition) is 0. The number of allylic oxidation sites excluding steroid dienone is 1. The summed E-state index contributed by atoms with van der Waals surface area (Å²) in [6.45, 7) is 7.21. The van der Waals surface area contributed by atoms with Crippen molar-refractivity contribution in [3.05, 3.63) is 18.1 Å². The first-order valence-electron chi connectivity index (χ1n) is 2.08. The van der Waals surface area contributed by atoms with Crippen molar-refractivity contribution in [2.45, 2.75) is 13.8 Å². The summed E-state index contributed by atoms with van der Waals surface area (Å²) in [6.07, 6.45) is 0. The molecule has 0 heterocycles. The van der Waals surface area contributed by atoms with Gasteiger partial charge in [0.2, 0.25) is 0 Å². The normalized spacial score (nSPS) is 8.29. The molecule has 37 valence electrons. The lowest BCUT2D eigenvalue weighted by Crippen LogP contribution is -1.82. The fraction of sp³-hybridized carbons (Fsp3) is 0.333. The number of nitrogens with zero attached hydrogens (tertiary/aromatic N) is 1. The van der Waals surface area contributed by atoms with Crippen molar-refractivity contribution < 1.29 is 0 Å². The Bertz CT molecular complexity index is 106. The van der Waals surface area contributed by atoms with Crippen LogP contribution in [0.5, 0.6) is 0 Å². The molecule has 1 heteroatoms. The van der Waals surface area contributed by atoms with Gasteiger partial charge in [0.1, 0.15) is 0 Å². The van der Waals surface area contributed by atoms with E-state index in [1.54, 1.807) is 0 Å². The number of nitriles is 1. The molecule has 0 aromatic carbocycles. The van der Waals surface area contributed by atoms with Crippen molar-refractivity contribution in [2.75, 3.05) is 0 Å². The lowest BCUT2D eigenvalue weighted by molar-refractivity contribution is 1.16. The summed E-state index contributed by atoms with van der Waals surface area (Å²) in [5, 5.41) is 8.13. The zero-order chi connectivity index (χ0) is 5.86. The van der Waals surface area contributed by atoms with Crippen LogP contribution < -0.4 is 0 Å². The minimum atomic E-state index is 0.569. The van der Waals surface area contributed by atoms with E-state index in [-0.39, 0.29) is 0 Å². The van der Waals surface area contributed by atoms with Crippen molar-refractivity contribution in [1.29, 1.82) is 5.26 Å². The van der Waals surface area contributed by atoms with Gasteiger partial charge in [-0.05, 0) is 0 Å². The monoisotopic (exact) mass is 94.1 g/mol. The van der Waals surface area contributed by atoms with Crippen LogP contribution in [-0.4, -0.2) is 0 Å². The second-order valence-corrected chi connectivity index (χ2v) is 1.59. The molecule has 1 nitrogen and oxygen atoms in total. The Morgan fingerprint density at radius 1 is 1.57 bits per heavy atom. The third-order valence-electron chi connectivity index (χ3n) is 0.739. The molecule has 0 saturated heterocycles. The van der Waals surface area contributed by atoms with E-state index in [2.05, 4.69) is 6.58 Å². The van der Waals surface area contributed by atoms with Crippen molar-refractivity contribution in [3.8, 4) is 6.07 Å². The van der Waals surface area contributed by atoms with E-state index in [9.17, 15) is 0 Å². The molecule has 0 spiro atoms. The average Bonchev–Trinajstić information content (AvgIpc) is 1.65. The van der Waals surface area contributed by atoms with Crippen LogP contribution >= 0.6 is 0 Å². The highest BCUT2D eigenvalue weighted by Crippen LogP contribution is 2.05. The van der Waals surface area contributed by atoms with Crippen LogP contribution in [0.1, 0.15) is 13.8 Å². The topological polar surface area (TPSA) is 23.8 Å². The summed E-state index contributed by atoms with van der Waals surface area (Å²) < 4.78 is 0. The van der Waals surface area contributed by atoms with Gasteiger partial charge in [-0.2, -0.15) is 5.26 Å². The number of hydrogen-bond acceptors (Lipinski definition) is 1. The minimum Gasteiger partial charge on any atom is -0.193 e. The molecule has 0 rings (SSSR count). The highest BCUT2D eigenvalue weighted by atomic mass is 14.2. The zero-order valence-electron chi connectivity index (χ0n) is 4.65. The van der Waals surface area contributed by atoms with Crippen molar-refractivity contribution in [1.82, 2.24) is 0 Å². The number of rotatable bonds is 1. The van der Waals surface area contributed by atoms with Gasteiger partial charge in [0.05, 0.1) is 6.07 Å². The van der Waals surface area contributed by atoms with Crippen LogP contribution in [0.25, 0.3) is 0 Å². The summed E-state index contributed by atoms with van der Waals surface area (Å²) >= 11 is 0. The van der Waals surface area contributed by atoms with Gasteiger partial charge in [-0.3, -0.25) is 0 Å². The maximum Gasteiger partial charge on any atom is 0.0946 e. The first-order valence-corrected chi connectivity index (χ1v) is 2.08. The molecule has 0 N–H and O–H groups in total. The molecule has 0 aliphatic carbocycles. The van der Waals surface area contributed by atoms with E-state index in [0.29, 0.717) is 5.57 Å². The fourth-order valence-corrected chi connectivity index (χ4v) is 0.112. The molecule has 0 bridgehead atoms. The maximum atomic E-state index is 8.13. The van der Waals surface area contributed by atoms with Gasteiger partial charge < -0.3 is 0 Å². The second kappa shape index (κ2) is 2.41. The first-order chi connectivity index (χ1) is 3.18. The maximum absolute atomic E-state index is 8.13. The van der Waals surface area contributed by atoms with Crippen LogP contribution in [0.4, 0.5) is 0 Å². The molecule has 0 aromatic heterocycles. The lowest BCUT2D eigenvalue weighted by atomic mass is 10.1. The van der Waals surface area contributed by atoms with Crippen LogP contribution in [0, 0.1) is 17.2 Å². The predicted octanol–water partition coefficient (Wildman–Crippen LogP) is 1.68. The largest absolute Gasteiger partial charge is 0.193 e. The Hall–Kier alpha value is -0.770. The molecular weight excluding hydrogens is 86.1 g/mol. The van der Waals surface area contributed by atoms with Crippen LogP contribution in [0.2, 0.25) is 0 Å². The smallest absolute Gasteiger partial charge is 0.0946 e. The van der Waals surface area contributed by atoms with Gasteiger partial charge in [-0.1, -0.05) is 20.4 Å². The van der Waals surface area contributed by atoms with E-state index in [1.807, 2.05) is 19.9 Å². The minimum absolute atomic E-state index is 0.569. The second-order valence-electron chi connectivity index (χ2n) is 1.59. The molecule has 0 aliphatic heterocycles. The zero-order valence-corrected chi connectivity index (χ0v) is 4.65. The molecular formula is C6H8N. The van der Waals surface area contributed by atoms with Gasteiger partial charge in [0, 0.05) is 11.5 Å². The summed E-state index contributed by atoms with van der Waals surface area (Å²) in [5.74, 6) is 0.988. The highest BCUT2D eigenvalue weighted by Gasteiger charge is 1.94. The standard InChI is InChI=1S/C6H8N/c1-5(2)6(3)4-7/h3H2,1-2H3. The summed E-state index contributed by atoms with van der Waals surface area (Å²) in [5.41, 5.74) is 0.569. The SMILES string of the molecule is C=C(C#N)[C](C)C. The van der Waals surface area contributed by atoms with E-state index in [1.165, 1.54) is 0 Å². The Morgan fingerprint density at radius 3 is 2.00 bits per heavy atom. The van der Waals surface area contributed by atoms with E-state index in [4.69, 9.17) is 5.26 Å². The van der Waals surface area contributed by atoms with Crippen molar-refractivity contribution in [3.63, 3.8) is 0 Å². The van der Waals surface area contributed by atoms with E-state index >= 15 is 0 Å². The van der Waals surface area contributed by atoms with Gasteiger partial charge in [0.15, 0.2) is 0 Å². The molecule has 7 heavy (non-hydrogen) atoms. The molecule has 0 aliphatic rings. The Morgan fingerprint density at radius 2 is 2.00 bits per heavy atom. The fourth-order valence-electron chi connectivity index (χ4n) is 0.112. The summed E-state index contributed by atoms with van der Waals surface area (Å²) in [7, 11) is 0. The molecule has 0 fully saturated rings. The Balaban J connectivity index is 3.64. The first kappa shape index (κ1) is 6.23.